The van der Waals surface area contributed by atoms with Gasteiger partial charge >= 0.3 is 16.2 Å². The van der Waals surface area contributed by atoms with Gasteiger partial charge in [-0.05, 0) is 17.5 Å². The molecule has 0 aliphatic carbocycles. The Bertz CT molecular complexity index is 613. The Kier molecular flexibility index (Phi) is 4.01. The first kappa shape index (κ1) is 14.8. The fourth-order valence-electron chi connectivity index (χ4n) is 2.18. The van der Waals surface area contributed by atoms with Crippen LogP contribution in [0, 0.1) is 5.92 Å². The maximum Gasteiger partial charge on any atom is 0.327 e. The Balaban J connectivity index is 2.38. The molecule has 0 unspecified atom stereocenters. The zero-order valence-electron chi connectivity index (χ0n) is 11.4. The lowest BCUT2D eigenvalue weighted by Gasteiger charge is -2.24. The highest BCUT2D eigenvalue weighted by Gasteiger charge is 2.41. The number of rotatable bonds is 5. The van der Waals surface area contributed by atoms with E-state index in [2.05, 4.69) is 4.72 Å². The summed E-state index contributed by atoms with van der Waals surface area (Å²) in [6, 6.07) is 5.77. The van der Waals surface area contributed by atoms with E-state index in [0.29, 0.717) is 5.69 Å². The molecule has 1 atom stereocenters. The molecule has 20 heavy (non-hydrogen) atoms. The summed E-state index contributed by atoms with van der Waals surface area (Å²) in [5.41, 5.74) is 1.17. The van der Waals surface area contributed by atoms with Crippen LogP contribution in [0.5, 0.6) is 0 Å². The number of nitrogens with one attached hydrogen (secondary N) is 1. The predicted octanol–water partition coefficient (Wildman–Crippen LogP) is 0.993. The molecule has 2 N–H and O–H groups in total. The summed E-state index contributed by atoms with van der Waals surface area (Å²) in [4.78, 5) is 11.3. The van der Waals surface area contributed by atoms with Crippen LogP contribution in [0.1, 0.15) is 19.4 Å². The molecule has 1 aliphatic rings. The molecule has 1 aliphatic heterocycles. The number of aliphatic carboxylic acids is 1. The van der Waals surface area contributed by atoms with Gasteiger partial charge in [0.05, 0.1) is 5.69 Å². The van der Waals surface area contributed by atoms with Crippen molar-refractivity contribution in [1.82, 2.24) is 4.72 Å². The van der Waals surface area contributed by atoms with Crippen molar-refractivity contribution in [2.45, 2.75) is 26.3 Å². The average molecular weight is 298 g/mol. The van der Waals surface area contributed by atoms with Gasteiger partial charge in [-0.1, -0.05) is 32.0 Å². The summed E-state index contributed by atoms with van der Waals surface area (Å²) >= 11 is 0. The van der Waals surface area contributed by atoms with Crippen molar-refractivity contribution in [2.75, 3.05) is 10.8 Å². The first-order chi connectivity index (χ1) is 9.33. The second-order valence-electron chi connectivity index (χ2n) is 5.23. The molecule has 0 amide bonds. The standard InChI is InChI=1S/C13H18N2O4S/c1-9(2)8-14-20(18,19)15-11-6-4-3-5-10(11)7-12(15)13(16)17/h3-6,9,12,14H,7-8H2,1-2H3,(H,16,17)/t12-/m0/s1. The molecule has 0 radical (unpaired) electrons. The molecule has 0 saturated heterocycles. The van der Waals surface area contributed by atoms with E-state index in [-0.39, 0.29) is 18.9 Å². The first-order valence-electron chi connectivity index (χ1n) is 6.42. The van der Waals surface area contributed by atoms with E-state index < -0.39 is 22.2 Å². The van der Waals surface area contributed by atoms with Gasteiger partial charge in [0, 0.05) is 13.0 Å². The summed E-state index contributed by atoms with van der Waals surface area (Å²) < 4.78 is 28.2. The van der Waals surface area contributed by atoms with E-state index in [0.717, 1.165) is 9.87 Å². The number of anilines is 1. The lowest BCUT2D eigenvalue weighted by Crippen LogP contribution is -2.49. The minimum atomic E-state index is -3.86. The molecule has 0 spiro atoms. The Hall–Kier alpha value is -1.60. The predicted molar refractivity (Wildman–Crippen MR) is 75.8 cm³/mol. The van der Waals surface area contributed by atoms with Crippen LogP contribution in [-0.4, -0.2) is 32.1 Å². The van der Waals surface area contributed by atoms with Gasteiger partial charge in [-0.2, -0.15) is 13.1 Å². The molecule has 0 bridgehead atoms. The summed E-state index contributed by atoms with van der Waals surface area (Å²) in [6.45, 7) is 4.04. The maximum absolute atomic E-state index is 12.4. The van der Waals surface area contributed by atoms with Crippen molar-refractivity contribution in [3.63, 3.8) is 0 Å². The molecular weight excluding hydrogens is 280 g/mol. The number of benzene rings is 1. The Morgan fingerprint density at radius 1 is 1.45 bits per heavy atom. The lowest BCUT2D eigenvalue weighted by atomic mass is 10.1. The SMILES string of the molecule is CC(C)CNS(=O)(=O)N1c2ccccc2C[C@H]1C(=O)O. The summed E-state index contributed by atoms with van der Waals surface area (Å²) in [7, 11) is -3.86. The molecule has 7 heteroatoms. The number of para-hydroxylation sites is 1. The third-order valence-electron chi connectivity index (χ3n) is 3.14. The van der Waals surface area contributed by atoms with Crippen molar-refractivity contribution in [1.29, 1.82) is 0 Å². The maximum atomic E-state index is 12.4. The number of carbonyl (C=O) groups is 1. The van der Waals surface area contributed by atoms with Crippen molar-refractivity contribution in [3.8, 4) is 0 Å². The third-order valence-corrected chi connectivity index (χ3v) is 4.64. The van der Waals surface area contributed by atoms with E-state index in [9.17, 15) is 18.3 Å². The van der Waals surface area contributed by atoms with Gasteiger partial charge in [-0.15, -0.1) is 0 Å². The van der Waals surface area contributed by atoms with Crippen LogP contribution >= 0.6 is 0 Å². The molecule has 1 aromatic carbocycles. The summed E-state index contributed by atoms with van der Waals surface area (Å²) in [5.74, 6) is -0.998. The number of hydrogen-bond donors (Lipinski definition) is 2. The molecule has 1 heterocycles. The molecular formula is C13H18N2O4S. The lowest BCUT2D eigenvalue weighted by molar-refractivity contribution is -0.138. The largest absolute Gasteiger partial charge is 0.480 e. The van der Waals surface area contributed by atoms with Gasteiger partial charge in [0.1, 0.15) is 6.04 Å². The quantitative estimate of drug-likeness (QED) is 0.849. The topological polar surface area (TPSA) is 86.7 Å². The van der Waals surface area contributed by atoms with Crippen LogP contribution in [0.4, 0.5) is 5.69 Å². The van der Waals surface area contributed by atoms with E-state index in [4.69, 9.17) is 0 Å². The van der Waals surface area contributed by atoms with E-state index in [1.54, 1.807) is 24.3 Å². The zero-order valence-corrected chi connectivity index (χ0v) is 12.2. The second kappa shape index (κ2) is 5.41. The number of carboxylic acids is 1. The summed E-state index contributed by atoms with van der Waals surface area (Å²) in [5, 5.41) is 9.26. The van der Waals surface area contributed by atoms with Gasteiger partial charge in [-0.3, -0.25) is 0 Å². The van der Waals surface area contributed by atoms with Gasteiger partial charge < -0.3 is 5.11 Å². The van der Waals surface area contributed by atoms with Crippen molar-refractivity contribution < 1.29 is 18.3 Å². The molecule has 0 fully saturated rings. The molecule has 2 rings (SSSR count). The van der Waals surface area contributed by atoms with Crippen LogP contribution < -0.4 is 9.03 Å². The van der Waals surface area contributed by atoms with Gasteiger partial charge in [0.15, 0.2) is 0 Å². The molecule has 110 valence electrons. The van der Waals surface area contributed by atoms with E-state index >= 15 is 0 Å². The number of nitrogens with zero attached hydrogens (tertiary/aromatic N) is 1. The highest BCUT2D eigenvalue weighted by molar-refractivity contribution is 7.91. The number of fused-ring (bicyclic) bond motifs is 1. The fourth-order valence-corrected chi connectivity index (χ4v) is 3.80. The molecule has 0 saturated carbocycles. The van der Waals surface area contributed by atoms with Crippen LogP contribution in [0.3, 0.4) is 0 Å². The van der Waals surface area contributed by atoms with Crippen LogP contribution in [0.2, 0.25) is 0 Å². The Morgan fingerprint density at radius 2 is 2.10 bits per heavy atom. The minimum Gasteiger partial charge on any atom is -0.480 e. The molecule has 1 aromatic rings. The summed E-state index contributed by atoms with van der Waals surface area (Å²) in [6.07, 6.45) is 0.189. The van der Waals surface area contributed by atoms with Gasteiger partial charge in [0.2, 0.25) is 0 Å². The normalized spacial score (nSPS) is 18.4. The highest BCUT2D eigenvalue weighted by atomic mass is 32.2. The molecule has 6 nitrogen and oxygen atoms in total. The van der Waals surface area contributed by atoms with E-state index in [1.165, 1.54) is 0 Å². The number of carboxylic acid groups (broad SMARTS) is 1. The van der Waals surface area contributed by atoms with Crippen molar-refractivity contribution in [2.24, 2.45) is 5.92 Å². The van der Waals surface area contributed by atoms with Crippen molar-refractivity contribution in [3.05, 3.63) is 29.8 Å². The Labute approximate surface area is 118 Å². The van der Waals surface area contributed by atoms with Crippen molar-refractivity contribution >= 4 is 21.9 Å². The van der Waals surface area contributed by atoms with Crippen LogP contribution in [-0.2, 0) is 21.4 Å². The monoisotopic (exact) mass is 298 g/mol. The van der Waals surface area contributed by atoms with E-state index in [1.807, 2.05) is 13.8 Å². The van der Waals surface area contributed by atoms with Crippen LogP contribution in [0.25, 0.3) is 0 Å². The Morgan fingerprint density at radius 3 is 2.70 bits per heavy atom. The van der Waals surface area contributed by atoms with Gasteiger partial charge in [0.25, 0.3) is 0 Å². The molecule has 0 aromatic heterocycles. The minimum absolute atomic E-state index is 0.144. The second-order valence-corrected chi connectivity index (χ2v) is 6.86. The highest BCUT2D eigenvalue weighted by Crippen LogP contribution is 2.33. The van der Waals surface area contributed by atoms with Gasteiger partial charge in [-0.25, -0.2) is 9.10 Å². The van der Waals surface area contributed by atoms with Crippen LogP contribution in [0.15, 0.2) is 24.3 Å². The average Bonchev–Trinajstić information content (AvgIpc) is 2.76. The number of hydrogen-bond acceptors (Lipinski definition) is 3. The fraction of sp³-hybridized carbons (Fsp3) is 0.462. The smallest absolute Gasteiger partial charge is 0.327 e. The first-order valence-corrected chi connectivity index (χ1v) is 7.86. The third kappa shape index (κ3) is 2.78. The zero-order chi connectivity index (χ0) is 14.9.